The first-order chi connectivity index (χ1) is 12.6. The van der Waals surface area contributed by atoms with Crippen LogP contribution >= 0.6 is 0 Å². The fourth-order valence-electron chi connectivity index (χ4n) is 3.00. The Bertz CT molecular complexity index is 946. The summed E-state index contributed by atoms with van der Waals surface area (Å²) in [4.78, 5) is 0. The van der Waals surface area contributed by atoms with E-state index in [2.05, 4.69) is 6.58 Å². The second kappa shape index (κ2) is 7.65. The molecule has 0 aliphatic carbocycles. The van der Waals surface area contributed by atoms with E-state index in [1.165, 1.54) is 6.07 Å². The van der Waals surface area contributed by atoms with Crippen LogP contribution in [0.3, 0.4) is 0 Å². The highest BCUT2D eigenvalue weighted by atomic mass is 19.2. The summed E-state index contributed by atoms with van der Waals surface area (Å²) in [5.41, 5.74) is 1.05. The molecule has 0 N–H and O–H groups in total. The summed E-state index contributed by atoms with van der Waals surface area (Å²) >= 11 is 0. The van der Waals surface area contributed by atoms with Crippen molar-refractivity contribution in [2.45, 2.75) is 19.8 Å². The second-order valence-corrected chi connectivity index (χ2v) is 6.06. The van der Waals surface area contributed by atoms with E-state index in [-0.39, 0.29) is 16.5 Å². The van der Waals surface area contributed by atoms with E-state index in [0.29, 0.717) is 36.1 Å². The lowest BCUT2D eigenvalue weighted by molar-refractivity contribution is 0.363. The molecular weight excluding hydrogens is 337 g/mol. The zero-order chi connectivity index (χ0) is 18.7. The van der Waals surface area contributed by atoms with Crippen molar-refractivity contribution in [2.75, 3.05) is 6.61 Å². The Labute approximate surface area is 150 Å². The molecule has 1 nitrogen and oxygen atoms in total. The first kappa shape index (κ1) is 18.1. The van der Waals surface area contributed by atoms with Crippen molar-refractivity contribution in [2.24, 2.45) is 0 Å². The van der Waals surface area contributed by atoms with Gasteiger partial charge in [-0.1, -0.05) is 50.3 Å². The first-order valence-corrected chi connectivity index (χ1v) is 8.50. The molecule has 3 aromatic carbocycles. The molecule has 0 unspecified atom stereocenters. The number of aryl methyl sites for hydroxylation is 1. The van der Waals surface area contributed by atoms with E-state index in [9.17, 15) is 13.2 Å². The second-order valence-electron chi connectivity index (χ2n) is 6.06. The molecular formula is C22H19F3O. The molecule has 0 fully saturated rings. The normalized spacial score (nSPS) is 10.9. The van der Waals surface area contributed by atoms with Gasteiger partial charge in [-0.25, -0.2) is 13.2 Å². The van der Waals surface area contributed by atoms with Gasteiger partial charge < -0.3 is 4.74 Å². The maximum atomic E-state index is 15.0. The molecule has 0 radical (unpaired) electrons. The van der Waals surface area contributed by atoms with E-state index in [4.69, 9.17) is 4.74 Å². The Morgan fingerprint density at radius 2 is 1.69 bits per heavy atom. The Morgan fingerprint density at radius 3 is 2.35 bits per heavy atom. The van der Waals surface area contributed by atoms with Gasteiger partial charge in [-0.05, 0) is 41.1 Å². The van der Waals surface area contributed by atoms with Crippen molar-refractivity contribution in [3.63, 3.8) is 0 Å². The number of ether oxygens (including phenoxy) is 1. The van der Waals surface area contributed by atoms with Gasteiger partial charge in [-0.2, -0.15) is 0 Å². The standard InChI is InChI=1S/C22H19F3O/c1-3-5-16-13-15-8-11-18(21(24)19(15)22(25)20(16)23)14-6-9-17(10-7-14)26-12-4-2/h4,6-11,13H,2-3,5,12H2,1H3. The van der Waals surface area contributed by atoms with Gasteiger partial charge in [0.05, 0.1) is 5.39 Å². The maximum Gasteiger partial charge on any atom is 0.169 e. The van der Waals surface area contributed by atoms with Gasteiger partial charge in [-0.3, -0.25) is 0 Å². The van der Waals surface area contributed by atoms with Gasteiger partial charge in [0.25, 0.3) is 0 Å². The Balaban J connectivity index is 2.08. The van der Waals surface area contributed by atoms with Crippen LogP contribution in [0.4, 0.5) is 13.2 Å². The summed E-state index contributed by atoms with van der Waals surface area (Å²) in [6.45, 7) is 5.83. The van der Waals surface area contributed by atoms with Crippen molar-refractivity contribution >= 4 is 10.8 Å². The summed E-state index contributed by atoms with van der Waals surface area (Å²) in [7, 11) is 0. The van der Waals surface area contributed by atoms with Gasteiger partial charge in [0, 0.05) is 5.56 Å². The van der Waals surface area contributed by atoms with Gasteiger partial charge in [0.15, 0.2) is 11.6 Å². The van der Waals surface area contributed by atoms with Crippen LogP contribution in [0.2, 0.25) is 0 Å². The lowest BCUT2D eigenvalue weighted by Crippen LogP contribution is -1.99. The Kier molecular flexibility index (Phi) is 5.31. The van der Waals surface area contributed by atoms with E-state index >= 15 is 0 Å². The van der Waals surface area contributed by atoms with Gasteiger partial charge >= 0.3 is 0 Å². The largest absolute Gasteiger partial charge is 0.490 e. The fourth-order valence-corrected chi connectivity index (χ4v) is 3.00. The number of hydrogen-bond acceptors (Lipinski definition) is 1. The third-order valence-corrected chi connectivity index (χ3v) is 4.25. The highest BCUT2D eigenvalue weighted by molar-refractivity contribution is 5.89. The number of benzene rings is 3. The summed E-state index contributed by atoms with van der Waals surface area (Å²) in [5, 5.41) is 0.0476. The number of halogens is 3. The van der Waals surface area contributed by atoms with Crippen LogP contribution in [0.1, 0.15) is 18.9 Å². The van der Waals surface area contributed by atoms with Crippen LogP contribution in [0.5, 0.6) is 5.75 Å². The van der Waals surface area contributed by atoms with Crippen LogP contribution in [0.15, 0.2) is 55.1 Å². The Morgan fingerprint density at radius 1 is 0.962 bits per heavy atom. The SMILES string of the molecule is C=CCOc1ccc(-c2ccc3cc(CCC)c(F)c(F)c3c2F)cc1. The zero-order valence-electron chi connectivity index (χ0n) is 14.5. The molecule has 0 bridgehead atoms. The smallest absolute Gasteiger partial charge is 0.169 e. The molecule has 0 heterocycles. The van der Waals surface area contributed by atoms with Crippen molar-refractivity contribution < 1.29 is 17.9 Å². The number of hydrogen-bond donors (Lipinski definition) is 0. The third-order valence-electron chi connectivity index (χ3n) is 4.25. The molecule has 0 aromatic heterocycles. The van der Waals surface area contributed by atoms with Crippen LogP contribution in [0, 0.1) is 17.5 Å². The molecule has 3 aromatic rings. The quantitative estimate of drug-likeness (QED) is 0.462. The molecule has 0 aliphatic heterocycles. The van der Waals surface area contributed by atoms with E-state index in [1.54, 1.807) is 42.5 Å². The minimum absolute atomic E-state index is 0.217. The molecule has 134 valence electrons. The van der Waals surface area contributed by atoms with Crippen LogP contribution in [0.25, 0.3) is 21.9 Å². The van der Waals surface area contributed by atoms with E-state index in [0.717, 1.165) is 0 Å². The summed E-state index contributed by atoms with van der Waals surface area (Å²) in [6, 6.07) is 11.5. The van der Waals surface area contributed by atoms with Crippen molar-refractivity contribution in [3.05, 3.63) is 78.1 Å². The monoisotopic (exact) mass is 356 g/mol. The van der Waals surface area contributed by atoms with E-state index in [1.807, 2.05) is 6.92 Å². The molecule has 0 atom stereocenters. The lowest BCUT2D eigenvalue weighted by Gasteiger charge is -2.11. The minimum atomic E-state index is -1.13. The average molecular weight is 356 g/mol. The molecule has 0 aliphatic rings. The molecule has 0 saturated heterocycles. The minimum Gasteiger partial charge on any atom is -0.490 e. The predicted octanol–water partition coefficient (Wildman–Crippen LogP) is 6.44. The molecule has 0 saturated carbocycles. The first-order valence-electron chi connectivity index (χ1n) is 8.50. The van der Waals surface area contributed by atoms with Gasteiger partial charge in [0.2, 0.25) is 0 Å². The predicted molar refractivity (Wildman–Crippen MR) is 98.9 cm³/mol. The van der Waals surface area contributed by atoms with Crippen LogP contribution in [-0.4, -0.2) is 6.61 Å². The lowest BCUT2D eigenvalue weighted by atomic mass is 9.97. The summed E-state index contributed by atoms with van der Waals surface area (Å²) in [5.74, 6) is -2.24. The number of rotatable bonds is 6. The van der Waals surface area contributed by atoms with Gasteiger partial charge in [0.1, 0.15) is 18.2 Å². The fraction of sp³-hybridized carbons (Fsp3) is 0.182. The highest BCUT2D eigenvalue weighted by Gasteiger charge is 2.19. The topological polar surface area (TPSA) is 9.23 Å². The Hall–Kier alpha value is -2.75. The van der Waals surface area contributed by atoms with Crippen molar-refractivity contribution in [3.8, 4) is 16.9 Å². The molecule has 26 heavy (non-hydrogen) atoms. The molecule has 4 heteroatoms. The molecule has 0 spiro atoms. The number of fused-ring (bicyclic) bond motifs is 1. The maximum absolute atomic E-state index is 15.0. The van der Waals surface area contributed by atoms with Crippen LogP contribution < -0.4 is 4.74 Å². The zero-order valence-corrected chi connectivity index (χ0v) is 14.5. The average Bonchev–Trinajstić information content (AvgIpc) is 2.65. The van der Waals surface area contributed by atoms with E-state index < -0.39 is 17.5 Å². The molecule has 3 rings (SSSR count). The summed E-state index contributed by atoms with van der Waals surface area (Å²) in [6.07, 6.45) is 2.72. The van der Waals surface area contributed by atoms with Crippen molar-refractivity contribution in [1.29, 1.82) is 0 Å². The van der Waals surface area contributed by atoms with Crippen molar-refractivity contribution in [1.82, 2.24) is 0 Å². The highest BCUT2D eigenvalue weighted by Crippen LogP contribution is 2.33. The summed E-state index contributed by atoms with van der Waals surface area (Å²) < 4.78 is 49.1. The van der Waals surface area contributed by atoms with Crippen LogP contribution in [-0.2, 0) is 6.42 Å². The van der Waals surface area contributed by atoms with Gasteiger partial charge in [-0.15, -0.1) is 0 Å². The molecule has 0 amide bonds. The third kappa shape index (κ3) is 3.32.